The lowest BCUT2D eigenvalue weighted by atomic mass is 10.1. The molecule has 0 radical (unpaired) electrons. The third kappa shape index (κ3) is 2.70. The highest BCUT2D eigenvalue weighted by Crippen LogP contribution is 2.25. The maximum Gasteiger partial charge on any atom is 0.0539 e. The third-order valence-corrected chi connectivity index (χ3v) is 3.98. The van der Waals surface area contributed by atoms with E-state index >= 15 is 0 Å². The number of hydrogen-bond acceptors (Lipinski definition) is 3. The summed E-state index contributed by atoms with van der Waals surface area (Å²) in [5.74, 6) is 0. The van der Waals surface area contributed by atoms with E-state index < -0.39 is 0 Å². The van der Waals surface area contributed by atoms with E-state index in [4.69, 9.17) is 0 Å². The quantitative estimate of drug-likeness (QED) is 0.929. The Hall–Kier alpha value is -1.81. The van der Waals surface area contributed by atoms with Gasteiger partial charge >= 0.3 is 0 Å². The van der Waals surface area contributed by atoms with Crippen LogP contribution in [0.25, 0.3) is 0 Å². The number of fused-ring (bicyclic) bond motifs is 1. The zero-order chi connectivity index (χ0) is 13.9. The van der Waals surface area contributed by atoms with E-state index in [1.54, 1.807) is 0 Å². The van der Waals surface area contributed by atoms with Gasteiger partial charge in [-0.05, 0) is 18.1 Å². The predicted molar refractivity (Wildman–Crippen MR) is 81.6 cm³/mol. The molecule has 0 bridgehead atoms. The number of aryl methyl sites for hydroxylation is 1. The summed E-state index contributed by atoms with van der Waals surface area (Å²) in [6.07, 6.45) is 5.21. The second kappa shape index (κ2) is 5.67. The zero-order valence-electron chi connectivity index (χ0n) is 12.2. The van der Waals surface area contributed by atoms with Crippen molar-refractivity contribution in [2.24, 2.45) is 7.05 Å². The van der Waals surface area contributed by atoms with Crippen molar-refractivity contribution in [3.8, 4) is 0 Å². The fraction of sp³-hybridized carbons (Fsp3) is 0.438. The second-order valence-corrected chi connectivity index (χ2v) is 5.52. The molecular formula is C16H22N4. The minimum Gasteiger partial charge on any atom is -0.365 e. The molecule has 0 saturated heterocycles. The van der Waals surface area contributed by atoms with Gasteiger partial charge in [0.1, 0.15) is 0 Å². The van der Waals surface area contributed by atoms with Gasteiger partial charge in [-0.3, -0.25) is 4.68 Å². The van der Waals surface area contributed by atoms with Crippen LogP contribution in [0.15, 0.2) is 36.7 Å². The first-order chi connectivity index (χ1) is 9.76. The van der Waals surface area contributed by atoms with Crippen LogP contribution in [-0.4, -0.2) is 22.4 Å². The molecule has 1 aliphatic rings. The highest BCUT2D eigenvalue weighted by molar-refractivity contribution is 5.54. The Labute approximate surface area is 120 Å². The number of para-hydroxylation sites is 1. The molecule has 2 heterocycles. The minimum absolute atomic E-state index is 0.541. The first-order valence-corrected chi connectivity index (χ1v) is 7.30. The molecule has 0 spiro atoms. The Morgan fingerprint density at radius 1 is 1.35 bits per heavy atom. The van der Waals surface area contributed by atoms with Crippen LogP contribution in [0.5, 0.6) is 0 Å². The van der Waals surface area contributed by atoms with E-state index in [0.29, 0.717) is 6.04 Å². The van der Waals surface area contributed by atoms with Gasteiger partial charge in [0.15, 0.2) is 0 Å². The summed E-state index contributed by atoms with van der Waals surface area (Å²) in [6.45, 7) is 5.17. The number of nitrogens with zero attached hydrogens (tertiary/aromatic N) is 3. The van der Waals surface area contributed by atoms with Crippen LogP contribution in [0.1, 0.15) is 24.5 Å². The molecule has 106 valence electrons. The molecule has 0 amide bonds. The molecule has 20 heavy (non-hydrogen) atoms. The topological polar surface area (TPSA) is 33.1 Å². The summed E-state index contributed by atoms with van der Waals surface area (Å²) in [7, 11) is 1.97. The number of hydrogen-bond donors (Lipinski definition) is 1. The lowest BCUT2D eigenvalue weighted by molar-refractivity contribution is 0.502. The summed E-state index contributed by atoms with van der Waals surface area (Å²) in [4.78, 5) is 2.47. The molecule has 3 rings (SSSR count). The van der Waals surface area contributed by atoms with Crippen molar-refractivity contribution >= 4 is 5.69 Å². The molecule has 1 aromatic heterocycles. The van der Waals surface area contributed by atoms with E-state index in [1.165, 1.54) is 16.8 Å². The minimum atomic E-state index is 0.541. The summed E-state index contributed by atoms with van der Waals surface area (Å²) >= 11 is 0. The van der Waals surface area contributed by atoms with E-state index in [9.17, 15) is 0 Å². The molecule has 0 fully saturated rings. The van der Waals surface area contributed by atoms with Crippen molar-refractivity contribution < 1.29 is 0 Å². The van der Waals surface area contributed by atoms with Crippen molar-refractivity contribution in [1.29, 1.82) is 0 Å². The summed E-state index contributed by atoms with van der Waals surface area (Å²) in [5.41, 5.74) is 3.99. The number of benzene rings is 1. The fourth-order valence-corrected chi connectivity index (χ4v) is 2.85. The molecule has 2 aromatic rings. The maximum atomic E-state index is 4.28. The Kier molecular flexibility index (Phi) is 3.74. The Balaban J connectivity index is 1.89. The molecular weight excluding hydrogens is 248 g/mol. The number of anilines is 1. The zero-order valence-corrected chi connectivity index (χ0v) is 12.2. The van der Waals surface area contributed by atoms with Crippen LogP contribution in [0.4, 0.5) is 5.69 Å². The van der Waals surface area contributed by atoms with Crippen molar-refractivity contribution in [3.63, 3.8) is 0 Å². The molecule has 1 aliphatic heterocycles. The molecule has 0 aliphatic carbocycles. The van der Waals surface area contributed by atoms with Crippen LogP contribution in [0.3, 0.4) is 0 Å². The second-order valence-electron chi connectivity index (χ2n) is 5.52. The summed E-state index contributed by atoms with van der Waals surface area (Å²) < 4.78 is 1.87. The molecule has 4 nitrogen and oxygen atoms in total. The Bertz CT molecular complexity index is 575. The predicted octanol–water partition coefficient (Wildman–Crippen LogP) is 2.31. The molecule has 4 heteroatoms. The van der Waals surface area contributed by atoms with Gasteiger partial charge in [0.25, 0.3) is 0 Å². The molecule has 1 atom stereocenters. The highest BCUT2D eigenvalue weighted by atomic mass is 15.2. The average molecular weight is 270 g/mol. The van der Waals surface area contributed by atoms with Gasteiger partial charge in [-0.1, -0.05) is 25.1 Å². The van der Waals surface area contributed by atoms with E-state index in [-0.39, 0.29) is 0 Å². The van der Waals surface area contributed by atoms with Gasteiger partial charge in [-0.15, -0.1) is 0 Å². The normalized spacial score (nSPS) is 18.7. The van der Waals surface area contributed by atoms with Crippen molar-refractivity contribution in [1.82, 2.24) is 15.1 Å². The lowest BCUT2D eigenvalue weighted by Gasteiger charge is -2.26. The summed E-state index contributed by atoms with van der Waals surface area (Å²) in [6, 6.07) is 9.23. The fourth-order valence-electron chi connectivity index (χ4n) is 2.85. The number of aromatic nitrogens is 2. The average Bonchev–Trinajstić information content (AvgIpc) is 2.79. The van der Waals surface area contributed by atoms with Crippen LogP contribution in [0.2, 0.25) is 0 Å². The highest BCUT2D eigenvalue weighted by Gasteiger charge is 2.20. The molecule has 1 unspecified atom stereocenters. The molecule has 1 N–H and O–H groups in total. The van der Waals surface area contributed by atoms with Crippen LogP contribution >= 0.6 is 0 Å². The Morgan fingerprint density at radius 2 is 2.20 bits per heavy atom. The lowest BCUT2D eigenvalue weighted by Crippen LogP contribution is -2.37. The summed E-state index contributed by atoms with van der Waals surface area (Å²) in [5, 5.41) is 7.92. The van der Waals surface area contributed by atoms with Crippen molar-refractivity contribution in [3.05, 3.63) is 47.8 Å². The SMILES string of the molecule is CCC1CN(Cc2cnn(C)c2)c2ccccc2CN1. The van der Waals surface area contributed by atoms with Crippen molar-refractivity contribution in [2.75, 3.05) is 11.4 Å². The van der Waals surface area contributed by atoms with Gasteiger partial charge in [-0.2, -0.15) is 5.10 Å². The van der Waals surface area contributed by atoms with E-state index in [0.717, 1.165) is 26.1 Å². The van der Waals surface area contributed by atoms with Crippen LogP contribution < -0.4 is 10.2 Å². The first kappa shape index (κ1) is 13.2. The van der Waals surface area contributed by atoms with Crippen LogP contribution in [-0.2, 0) is 20.1 Å². The maximum absolute atomic E-state index is 4.28. The van der Waals surface area contributed by atoms with E-state index in [1.807, 2.05) is 17.9 Å². The van der Waals surface area contributed by atoms with Crippen molar-refractivity contribution in [2.45, 2.75) is 32.5 Å². The largest absolute Gasteiger partial charge is 0.365 e. The Morgan fingerprint density at radius 3 is 2.95 bits per heavy atom. The van der Waals surface area contributed by atoms with Gasteiger partial charge < -0.3 is 10.2 Å². The number of nitrogens with one attached hydrogen (secondary N) is 1. The monoisotopic (exact) mass is 270 g/mol. The van der Waals surface area contributed by atoms with Gasteiger partial charge in [0.2, 0.25) is 0 Å². The third-order valence-electron chi connectivity index (χ3n) is 3.98. The van der Waals surface area contributed by atoms with Crippen LogP contribution in [0, 0.1) is 0 Å². The van der Waals surface area contributed by atoms with E-state index in [2.05, 4.69) is 52.7 Å². The van der Waals surface area contributed by atoms with Gasteiger partial charge in [0.05, 0.1) is 6.20 Å². The molecule has 0 saturated carbocycles. The van der Waals surface area contributed by atoms with Gasteiger partial charge in [0, 0.05) is 50.2 Å². The first-order valence-electron chi connectivity index (χ1n) is 7.30. The standard InChI is InChI=1S/C16H22N4/c1-3-15-12-20(11-13-8-18-19(2)10-13)16-7-5-4-6-14(16)9-17-15/h4-8,10,15,17H,3,9,11-12H2,1-2H3. The molecule has 1 aromatic carbocycles. The number of rotatable bonds is 3. The smallest absolute Gasteiger partial charge is 0.0539 e. The van der Waals surface area contributed by atoms with Gasteiger partial charge in [-0.25, -0.2) is 0 Å².